The zero-order valence-corrected chi connectivity index (χ0v) is 11.4. The van der Waals surface area contributed by atoms with Gasteiger partial charge in [0.2, 0.25) is 0 Å². The maximum atomic E-state index is 5.42. The van der Waals surface area contributed by atoms with Crippen molar-refractivity contribution >= 4 is 23.6 Å². The van der Waals surface area contributed by atoms with Crippen molar-refractivity contribution in [3.05, 3.63) is 39.2 Å². The van der Waals surface area contributed by atoms with Crippen LogP contribution in [-0.2, 0) is 0 Å². The van der Waals surface area contributed by atoms with Crippen molar-refractivity contribution < 1.29 is 0 Å². The van der Waals surface area contributed by atoms with E-state index in [9.17, 15) is 0 Å². The van der Waals surface area contributed by atoms with Crippen molar-refractivity contribution in [2.75, 3.05) is 0 Å². The van der Waals surface area contributed by atoms with E-state index < -0.39 is 0 Å². The molecule has 0 bridgehead atoms. The van der Waals surface area contributed by atoms with Crippen molar-refractivity contribution in [2.45, 2.75) is 26.8 Å². The lowest BCUT2D eigenvalue weighted by Crippen LogP contribution is -2.02. The average Bonchev–Trinajstić information content (AvgIpc) is 2.55. The molecule has 1 aromatic carbocycles. The van der Waals surface area contributed by atoms with Gasteiger partial charge in [-0.3, -0.25) is 0 Å². The minimum absolute atomic E-state index is 0.410. The Morgan fingerprint density at radius 1 is 1.19 bits per heavy atom. The topological polar surface area (TPSA) is 4.93 Å². The lowest BCUT2D eigenvalue weighted by Gasteiger charge is -2.13. The van der Waals surface area contributed by atoms with Crippen LogP contribution in [0.4, 0.5) is 0 Å². The van der Waals surface area contributed by atoms with E-state index in [0.717, 1.165) is 3.95 Å². The van der Waals surface area contributed by atoms with Crippen LogP contribution in [-0.4, -0.2) is 4.57 Å². The summed E-state index contributed by atoms with van der Waals surface area (Å²) in [5.74, 6) is 0. The maximum absolute atomic E-state index is 5.42. The zero-order valence-electron chi connectivity index (χ0n) is 9.73. The van der Waals surface area contributed by atoms with Gasteiger partial charge in [0.1, 0.15) is 0 Å². The fourth-order valence-electron chi connectivity index (χ4n) is 1.90. The Hall–Kier alpha value is -0.930. The number of rotatable bonds is 2. The van der Waals surface area contributed by atoms with Crippen molar-refractivity contribution in [3.63, 3.8) is 0 Å². The fourth-order valence-corrected chi connectivity index (χ4v) is 3.55. The Balaban J connectivity index is 2.70. The van der Waals surface area contributed by atoms with Gasteiger partial charge in [-0.2, -0.15) is 0 Å². The summed E-state index contributed by atoms with van der Waals surface area (Å²) in [6, 6.07) is 10.9. The minimum Gasteiger partial charge on any atom is -0.320 e. The van der Waals surface area contributed by atoms with E-state index in [0.29, 0.717) is 6.04 Å². The van der Waals surface area contributed by atoms with Crippen LogP contribution in [0.25, 0.3) is 11.3 Å². The molecular weight excluding hydrogens is 234 g/mol. The molecule has 0 amide bonds. The standard InChI is InChI=1S/C13H15NS2/c1-9(2)14-12(10(3)16-13(14)15)11-7-5-4-6-8-11/h4-9H,1-3H3. The van der Waals surface area contributed by atoms with Crippen LogP contribution in [0.1, 0.15) is 24.8 Å². The number of benzene rings is 1. The van der Waals surface area contributed by atoms with Crippen molar-refractivity contribution in [3.8, 4) is 11.3 Å². The molecule has 0 saturated carbocycles. The molecular formula is C13H15NS2. The SMILES string of the molecule is Cc1sc(=S)n(C(C)C)c1-c1ccccc1. The highest BCUT2D eigenvalue weighted by molar-refractivity contribution is 7.73. The molecule has 0 saturated heterocycles. The van der Waals surface area contributed by atoms with E-state index in [-0.39, 0.29) is 0 Å². The largest absolute Gasteiger partial charge is 0.320 e. The summed E-state index contributed by atoms with van der Waals surface area (Å²) in [6.07, 6.45) is 0. The number of hydrogen-bond donors (Lipinski definition) is 0. The summed E-state index contributed by atoms with van der Waals surface area (Å²) in [5.41, 5.74) is 2.52. The molecule has 84 valence electrons. The van der Waals surface area contributed by atoms with Crippen LogP contribution in [0.5, 0.6) is 0 Å². The third-order valence-electron chi connectivity index (χ3n) is 2.58. The van der Waals surface area contributed by atoms with E-state index in [2.05, 4.69) is 49.6 Å². The molecule has 0 unspecified atom stereocenters. The van der Waals surface area contributed by atoms with Crippen molar-refractivity contribution in [1.29, 1.82) is 0 Å². The number of aryl methyl sites for hydroxylation is 1. The molecule has 2 rings (SSSR count). The molecule has 0 N–H and O–H groups in total. The molecule has 2 aromatic rings. The third kappa shape index (κ3) is 1.97. The number of hydrogen-bond acceptors (Lipinski definition) is 2. The molecule has 0 fully saturated rings. The van der Waals surface area contributed by atoms with Gasteiger partial charge in [-0.15, -0.1) is 11.3 Å². The van der Waals surface area contributed by atoms with Gasteiger partial charge in [-0.25, -0.2) is 0 Å². The van der Waals surface area contributed by atoms with Gasteiger partial charge in [-0.1, -0.05) is 30.3 Å². The van der Waals surface area contributed by atoms with Gasteiger partial charge in [0, 0.05) is 10.9 Å². The van der Waals surface area contributed by atoms with Crippen LogP contribution in [0.3, 0.4) is 0 Å². The molecule has 0 aliphatic carbocycles. The zero-order chi connectivity index (χ0) is 11.7. The van der Waals surface area contributed by atoms with Crippen molar-refractivity contribution in [1.82, 2.24) is 4.57 Å². The smallest absolute Gasteiger partial charge is 0.162 e. The highest BCUT2D eigenvalue weighted by Gasteiger charge is 2.13. The quantitative estimate of drug-likeness (QED) is 0.690. The first kappa shape index (κ1) is 11.6. The first-order chi connectivity index (χ1) is 7.61. The van der Waals surface area contributed by atoms with E-state index in [4.69, 9.17) is 12.2 Å². The Labute approximate surface area is 105 Å². The van der Waals surface area contributed by atoms with Crippen LogP contribution in [0, 0.1) is 10.9 Å². The Kier molecular flexibility index (Phi) is 3.26. The molecule has 16 heavy (non-hydrogen) atoms. The van der Waals surface area contributed by atoms with Gasteiger partial charge in [0.15, 0.2) is 3.95 Å². The van der Waals surface area contributed by atoms with Gasteiger partial charge in [0.25, 0.3) is 0 Å². The van der Waals surface area contributed by atoms with Crippen LogP contribution in [0.2, 0.25) is 0 Å². The molecule has 1 nitrogen and oxygen atoms in total. The average molecular weight is 249 g/mol. The van der Waals surface area contributed by atoms with Gasteiger partial charge in [0.05, 0.1) is 5.69 Å². The predicted molar refractivity (Wildman–Crippen MR) is 73.7 cm³/mol. The minimum atomic E-state index is 0.410. The summed E-state index contributed by atoms with van der Waals surface area (Å²) >= 11 is 7.11. The summed E-state index contributed by atoms with van der Waals surface area (Å²) < 4.78 is 3.20. The van der Waals surface area contributed by atoms with Gasteiger partial charge in [-0.05, 0) is 38.6 Å². The first-order valence-corrected chi connectivity index (χ1v) is 6.61. The molecule has 0 radical (unpaired) electrons. The summed E-state index contributed by atoms with van der Waals surface area (Å²) in [7, 11) is 0. The fraction of sp³-hybridized carbons (Fsp3) is 0.308. The lowest BCUT2D eigenvalue weighted by molar-refractivity contribution is 0.605. The number of nitrogens with zero attached hydrogens (tertiary/aromatic N) is 1. The maximum Gasteiger partial charge on any atom is 0.162 e. The lowest BCUT2D eigenvalue weighted by atomic mass is 10.1. The highest BCUT2D eigenvalue weighted by atomic mass is 32.1. The summed E-state index contributed by atoms with van der Waals surface area (Å²) in [5, 5.41) is 0. The molecule has 0 atom stereocenters. The van der Waals surface area contributed by atoms with E-state index in [1.807, 2.05) is 6.07 Å². The Bertz CT molecular complexity index is 535. The van der Waals surface area contributed by atoms with E-state index >= 15 is 0 Å². The second-order valence-electron chi connectivity index (χ2n) is 4.10. The third-order valence-corrected chi connectivity index (χ3v) is 3.89. The van der Waals surface area contributed by atoms with E-state index in [1.165, 1.54) is 16.1 Å². The highest BCUT2D eigenvalue weighted by Crippen LogP contribution is 2.31. The molecule has 1 heterocycles. The van der Waals surface area contributed by atoms with Crippen LogP contribution < -0.4 is 0 Å². The molecule has 0 aliphatic rings. The van der Waals surface area contributed by atoms with Gasteiger partial charge >= 0.3 is 0 Å². The molecule has 0 aliphatic heterocycles. The molecule has 1 aromatic heterocycles. The monoisotopic (exact) mass is 249 g/mol. The second-order valence-corrected chi connectivity index (χ2v) is 5.95. The van der Waals surface area contributed by atoms with Gasteiger partial charge < -0.3 is 4.57 Å². The van der Waals surface area contributed by atoms with E-state index in [1.54, 1.807) is 11.3 Å². The number of thiazole rings is 1. The van der Waals surface area contributed by atoms with Crippen LogP contribution >= 0.6 is 23.6 Å². The summed E-state index contributed by atoms with van der Waals surface area (Å²) in [4.78, 5) is 1.30. The molecule has 3 heteroatoms. The first-order valence-electron chi connectivity index (χ1n) is 5.38. The predicted octanol–water partition coefficient (Wildman–Crippen LogP) is 4.84. The molecule has 0 spiro atoms. The normalized spacial score (nSPS) is 11.0. The second kappa shape index (κ2) is 4.52. The Morgan fingerprint density at radius 3 is 2.38 bits per heavy atom. The van der Waals surface area contributed by atoms with Crippen molar-refractivity contribution in [2.24, 2.45) is 0 Å². The number of aromatic nitrogens is 1. The van der Waals surface area contributed by atoms with Crippen LogP contribution in [0.15, 0.2) is 30.3 Å². The summed E-state index contributed by atoms with van der Waals surface area (Å²) in [6.45, 7) is 6.49. The Morgan fingerprint density at radius 2 is 1.81 bits per heavy atom.